The summed E-state index contributed by atoms with van der Waals surface area (Å²) >= 11 is 3.31. The molecule has 0 spiro atoms. The molecule has 0 amide bonds. The summed E-state index contributed by atoms with van der Waals surface area (Å²) in [4.78, 5) is 12.3. The molecule has 0 unspecified atom stereocenters. The number of nitrogens with zero attached hydrogens (tertiary/aromatic N) is 1. The molecule has 1 rings (SSSR count). The Hall–Kier alpha value is -0.940. The van der Waals surface area contributed by atoms with Gasteiger partial charge in [-0.1, -0.05) is 22.9 Å². The van der Waals surface area contributed by atoms with E-state index in [-0.39, 0.29) is 12.4 Å². The van der Waals surface area contributed by atoms with Gasteiger partial charge in [0, 0.05) is 11.0 Å². The normalized spacial score (nSPS) is 10.8. The Balaban J connectivity index is 2.77. The molecule has 0 bridgehead atoms. The van der Waals surface area contributed by atoms with E-state index in [4.69, 9.17) is 5.11 Å². The van der Waals surface area contributed by atoms with Crippen molar-refractivity contribution < 1.29 is 14.3 Å². The second kappa shape index (κ2) is 5.96. The summed E-state index contributed by atoms with van der Waals surface area (Å²) in [5.41, 5.74) is 0.753. The molecular formula is C11H13BrFNO2. The highest BCUT2D eigenvalue weighted by Crippen LogP contribution is 2.19. The predicted octanol–water partition coefficient (Wildman–Crippen LogP) is 2.49. The molecule has 1 N–H and O–H groups in total. The predicted molar refractivity (Wildman–Crippen MR) is 62.7 cm³/mol. The zero-order valence-electron chi connectivity index (χ0n) is 8.91. The lowest BCUT2D eigenvalue weighted by Gasteiger charge is -2.18. The SMILES string of the molecule is CCN(CC(=O)O)Cc1cc(F)ccc1Br. The van der Waals surface area contributed by atoms with Crippen LogP contribution in [0.1, 0.15) is 12.5 Å². The van der Waals surface area contributed by atoms with Crippen molar-refractivity contribution in [1.29, 1.82) is 0 Å². The van der Waals surface area contributed by atoms with Gasteiger partial charge < -0.3 is 5.11 Å². The van der Waals surface area contributed by atoms with Gasteiger partial charge in [0.1, 0.15) is 5.82 Å². The molecule has 1 aromatic rings. The number of hydrogen-bond donors (Lipinski definition) is 1. The molecule has 0 fully saturated rings. The third-order valence-corrected chi connectivity index (χ3v) is 2.98. The van der Waals surface area contributed by atoms with Gasteiger partial charge in [-0.3, -0.25) is 9.69 Å². The van der Waals surface area contributed by atoms with Gasteiger partial charge in [0.05, 0.1) is 6.54 Å². The Labute approximate surface area is 102 Å². The number of hydrogen-bond acceptors (Lipinski definition) is 2. The minimum Gasteiger partial charge on any atom is -0.480 e. The smallest absolute Gasteiger partial charge is 0.317 e. The van der Waals surface area contributed by atoms with Crippen LogP contribution in [-0.4, -0.2) is 29.1 Å². The van der Waals surface area contributed by atoms with E-state index in [1.54, 1.807) is 11.0 Å². The number of carboxylic acids is 1. The first kappa shape index (κ1) is 13.1. The zero-order chi connectivity index (χ0) is 12.1. The van der Waals surface area contributed by atoms with Crippen molar-refractivity contribution in [3.63, 3.8) is 0 Å². The summed E-state index contributed by atoms with van der Waals surface area (Å²) in [6.45, 7) is 2.85. The molecule has 0 saturated heterocycles. The molecule has 0 aliphatic heterocycles. The molecule has 0 radical (unpaired) electrons. The summed E-state index contributed by atoms with van der Waals surface area (Å²) in [7, 11) is 0. The number of aliphatic carboxylic acids is 1. The lowest BCUT2D eigenvalue weighted by atomic mass is 10.2. The Morgan fingerprint density at radius 1 is 1.56 bits per heavy atom. The maximum atomic E-state index is 13.0. The van der Waals surface area contributed by atoms with Crippen molar-refractivity contribution in [3.8, 4) is 0 Å². The highest BCUT2D eigenvalue weighted by molar-refractivity contribution is 9.10. The highest BCUT2D eigenvalue weighted by atomic mass is 79.9. The molecule has 0 aliphatic rings. The molecule has 0 aliphatic carbocycles. The summed E-state index contributed by atoms with van der Waals surface area (Å²) in [6.07, 6.45) is 0. The first-order valence-corrected chi connectivity index (χ1v) is 5.70. The molecule has 3 nitrogen and oxygen atoms in total. The first-order valence-electron chi connectivity index (χ1n) is 4.91. The van der Waals surface area contributed by atoms with Crippen LogP contribution in [0.25, 0.3) is 0 Å². The van der Waals surface area contributed by atoms with Crippen LogP contribution >= 0.6 is 15.9 Å². The van der Waals surface area contributed by atoms with E-state index >= 15 is 0 Å². The minimum atomic E-state index is -0.880. The summed E-state index contributed by atoms with van der Waals surface area (Å²) < 4.78 is 13.8. The lowest BCUT2D eigenvalue weighted by Crippen LogP contribution is -2.29. The average Bonchev–Trinajstić information content (AvgIpc) is 2.21. The minimum absolute atomic E-state index is 0.0422. The molecule has 1 aromatic carbocycles. The number of halogens is 2. The second-order valence-electron chi connectivity index (χ2n) is 3.43. The monoisotopic (exact) mass is 289 g/mol. The van der Waals surface area contributed by atoms with E-state index in [1.165, 1.54) is 12.1 Å². The van der Waals surface area contributed by atoms with E-state index in [0.29, 0.717) is 13.1 Å². The molecule has 0 saturated carbocycles. The molecular weight excluding hydrogens is 277 g/mol. The van der Waals surface area contributed by atoms with Crippen molar-refractivity contribution >= 4 is 21.9 Å². The molecule has 16 heavy (non-hydrogen) atoms. The van der Waals surface area contributed by atoms with Crippen LogP contribution in [0.3, 0.4) is 0 Å². The molecule has 5 heteroatoms. The quantitative estimate of drug-likeness (QED) is 0.905. The van der Waals surface area contributed by atoms with E-state index in [1.807, 2.05) is 6.92 Å². The summed E-state index contributed by atoms with van der Waals surface area (Å²) in [5.74, 6) is -1.20. The van der Waals surface area contributed by atoms with Gasteiger partial charge in [0.2, 0.25) is 0 Å². The molecule has 0 atom stereocenters. The van der Waals surface area contributed by atoms with Crippen molar-refractivity contribution in [2.45, 2.75) is 13.5 Å². The average molecular weight is 290 g/mol. The number of benzene rings is 1. The Morgan fingerprint density at radius 3 is 2.81 bits per heavy atom. The maximum absolute atomic E-state index is 13.0. The number of carbonyl (C=O) groups is 1. The standard InChI is InChI=1S/C11H13BrFNO2/c1-2-14(7-11(15)16)6-8-5-9(13)3-4-10(8)12/h3-5H,2,6-7H2,1H3,(H,15,16). The van der Waals surface area contributed by atoms with Crippen molar-refractivity contribution in [2.75, 3.05) is 13.1 Å². The number of carboxylic acid groups (broad SMARTS) is 1. The third kappa shape index (κ3) is 3.90. The largest absolute Gasteiger partial charge is 0.480 e. The third-order valence-electron chi connectivity index (χ3n) is 2.21. The van der Waals surface area contributed by atoms with Crippen molar-refractivity contribution in [3.05, 3.63) is 34.1 Å². The van der Waals surface area contributed by atoms with Gasteiger partial charge in [-0.2, -0.15) is 0 Å². The van der Waals surface area contributed by atoms with Crippen LogP contribution < -0.4 is 0 Å². The summed E-state index contributed by atoms with van der Waals surface area (Å²) in [6, 6.07) is 4.40. The van der Waals surface area contributed by atoms with Gasteiger partial charge >= 0.3 is 5.97 Å². The fraction of sp³-hybridized carbons (Fsp3) is 0.364. The first-order chi connectivity index (χ1) is 7.52. The van der Waals surface area contributed by atoms with Gasteiger partial charge in [-0.15, -0.1) is 0 Å². The van der Waals surface area contributed by atoms with Crippen LogP contribution in [0.15, 0.2) is 22.7 Å². The van der Waals surface area contributed by atoms with Crippen molar-refractivity contribution in [2.24, 2.45) is 0 Å². The lowest BCUT2D eigenvalue weighted by molar-refractivity contribution is -0.138. The second-order valence-corrected chi connectivity index (χ2v) is 4.29. The molecule has 0 aromatic heterocycles. The maximum Gasteiger partial charge on any atom is 0.317 e. The topological polar surface area (TPSA) is 40.5 Å². The van der Waals surface area contributed by atoms with Crippen LogP contribution in [0.5, 0.6) is 0 Å². The Morgan fingerprint density at radius 2 is 2.25 bits per heavy atom. The van der Waals surface area contributed by atoms with Gasteiger partial charge in [0.15, 0.2) is 0 Å². The van der Waals surface area contributed by atoms with E-state index in [9.17, 15) is 9.18 Å². The Kier molecular flexibility index (Phi) is 4.89. The van der Waals surface area contributed by atoms with E-state index in [0.717, 1.165) is 10.0 Å². The van der Waals surface area contributed by atoms with Gasteiger partial charge in [-0.05, 0) is 30.3 Å². The fourth-order valence-corrected chi connectivity index (χ4v) is 1.75. The highest BCUT2D eigenvalue weighted by Gasteiger charge is 2.10. The number of likely N-dealkylation sites (N-methyl/N-ethyl adjacent to an activating group) is 1. The van der Waals surface area contributed by atoms with Crippen LogP contribution in [0.4, 0.5) is 4.39 Å². The van der Waals surface area contributed by atoms with Gasteiger partial charge in [0.25, 0.3) is 0 Å². The Bertz CT molecular complexity index is 384. The van der Waals surface area contributed by atoms with Crippen LogP contribution in [-0.2, 0) is 11.3 Å². The summed E-state index contributed by atoms with van der Waals surface area (Å²) in [5, 5.41) is 8.69. The molecule has 0 heterocycles. The zero-order valence-corrected chi connectivity index (χ0v) is 10.5. The number of rotatable bonds is 5. The van der Waals surface area contributed by atoms with Gasteiger partial charge in [-0.25, -0.2) is 4.39 Å². The van der Waals surface area contributed by atoms with Crippen molar-refractivity contribution in [1.82, 2.24) is 4.90 Å². The molecule has 88 valence electrons. The fourth-order valence-electron chi connectivity index (χ4n) is 1.38. The van der Waals surface area contributed by atoms with Crippen LogP contribution in [0.2, 0.25) is 0 Å². The van der Waals surface area contributed by atoms with E-state index in [2.05, 4.69) is 15.9 Å². The van der Waals surface area contributed by atoms with E-state index < -0.39 is 5.97 Å². The van der Waals surface area contributed by atoms with Crippen LogP contribution in [0, 0.1) is 5.82 Å².